The van der Waals surface area contributed by atoms with Gasteiger partial charge in [-0.15, -0.1) is 0 Å². The van der Waals surface area contributed by atoms with Gasteiger partial charge < -0.3 is 19.7 Å². The number of aromatic nitrogens is 1. The van der Waals surface area contributed by atoms with Crippen LogP contribution in [0, 0.1) is 0 Å². The average Bonchev–Trinajstić information content (AvgIpc) is 2.68. The molecule has 8 nitrogen and oxygen atoms in total. The van der Waals surface area contributed by atoms with Crippen molar-refractivity contribution in [2.45, 2.75) is 25.9 Å². The molecule has 0 radical (unpaired) electrons. The van der Waals surface area contributed by atoms with Crippen LogP contribution in [-0.2, 0) is 25.5 Å². The van der Waals surface area contributed by atoms with Crippen LogP contribution in [0.5, 0.6) is 5.75 Å². The average molecular weight is 383 g/mol. The maximum absolute atomic E-state index is 12.4. The fraction of sp³-hybridized carbons (Fsp3) is 0.300. The van der Waals surface area contributed by atoms with Gasteiger partial charge in [0, 0.05) is 13.0 Å². The third-order valence-electron chi connectivity index (χ3n) is 4.26. The van der Waals surface area contributed by atoms with Gasteiger partial charge in [0.1, 0.15) is 11.6 Å². The van der Waals surface area contributed by atoms with Crippen LogP contribution in [0.25, 0.3) is 0 Å². The number of amides is 2. The van der Waals surface area contributed by atoms with Gasteiger partial charge in [0.2, 0.25) is 5.91 Å². The number of esters is 1. The number of para-hydroxylation sites is 2. The summed E-state index contributed by atoms with van der Waals surface area (Å²) < 4.78 is 10.2. The molecule has 0 spiro atoms. The standard InChI is InChI=1S/C20H21N3O5/c1-13-20(26)23(15-7-3-4-8-16(15)28-13)11-10-18(24)22-17-9-5-6-14(21-17)12-19(25)27-2/h3-9,13H,10-12H2,1-2H3,(H,21,22,24)/t13-/m0/s1. The molecule has 1 atom stereocenters. The smallest absolute Gasteiger partial charge is 0.311 e. The second kappa shape index (κ2) is 8.51. The first-order chi connectivity index (χ1) is 13.5. The minimum atomic E-state index is -0.602. The number of hydrogen-bond acceptors (Lipinski definition) is 6. The minimum Gasteiger partial charge on any atom is -0.479 e. The van der Waals surface area contributed by atoms with Crippen LogP contribution < -0.4 is 15.0 Å². The summed E-state index contributed by atoms with van der Waals surface area (Å²) in [4.78, 5) is 41.9. The Labute approximate surface area is 162 Å². The normalized spacial score (nSPS) is 15.4. The molecular weight excluding hydrogens is 362 g/mol. The van der Waals surface area contributed by atoms with Crippen LogP contribution in [0.2, 0.25) is 0 Å². The fourth-order valence-corrected chi connectivity index (χ4v) is 2.88. The molecule has 0 bridgehead atoms. The van der Waals surface area contributed by atoms with Crippen molar-refractivity contribution in [3.63, 3.8) is 0 Å². The first kappa shape index (κ1) is 19.3. The third-order valence-corrected chi connectivity index (χ3v) is 4.26. The summed E-state index contributed by atoms with van der Waals surface area (Å²) in [7, 11) is 1.31. The number of fused-ring (bicyclic) bond motifs is 1. The van der Waals surface area contributed by atoms with Crippen LogP contribution >= 0.6 is 0 Å². The Balaban J connectivity index is 1.62. The summed E-state index contributed by atoms with van der Waals surface area (Å²) in [5.74, 6) is 0.0760. The number of ether oxygens (including phenoxy) is 2. The summed E-state index contributed by atoms with van der Waals surface area (Å²) in [6, 6.07) is 12.2. The van der Waals surface area contributed by atoms with E-state index in [9.17, 15) is 14.4 Å². The lowest BCUT2D eigenvalue weighted by molar-refractivity contribution is -0.139. The maximum atomic E-state index is 12.4. The predicted molar refractivity (Wildman–Crippen MR) is 102 cm³/mol. The van der Waals surface area contributed by atoms with E-state index in [-0.39, 0.29) is 31.2 Å². The summed E-state index contributed by atoms with van der Waals surface area (Å²) in [6.45, 7) is 1.90. The third kappa shape index (κ3) is 4.46. The molecule has 2 aromatic rings. The van der Waals surface area contributed by atoms with Crippen LogP contribution in [0.15, 0.2) is 42.5 Å². The number of carbonyl (C=O) groups is 3. The van der Waals surface area contributed by atoms with Crippen molar-refractivity contribution < 1.29 is 23.9 Å². The molecule has 146 valence electrons. The van der Waals surface area contributed by atoms with Crippen LogP contribution in [0.3, 0.4) is 0 Å². The summed E-state index contributed by atoms with van der Waals surface area (Å²) in [5, 5.41) is 2.69. The van der Waals surface area contributed by atoms with Gasteiger partial charge in [0.25, 0.3) is 5.91 Å². The zero-order valence-corrected chi connectivity index (χ0v) is 15.7. The molecule has 1 aromatic heterocycles. The Morgan fingerprint density at radius 1 is 1.21 bits per heavy atom. The van der Waals surface area contributed by atoms with Crippen molar-refractivity contribution in [3.05, 3.63) is 48.2 Å². The lowest BCUT2D eigenvalue weighted by Gasteiger charge is -2.32. The number of rotatable bonds is 6. The van der Waals surface area contributed by atoms with E-state index in [2.05, 4.69) is 15.0 Å². The molecular formula is C20H21N3O5. The van der Waals surface area contributed by atoms with Crippen LogP contribution in [-0.4, -0.2) is 42.5 Å². The predicted octanol–water partition coefficient (Wildman–Crippen LogP) is 1.94. The summed E-state index contributed by atoms with van der Waals surface area (Å²) in [5.41, 5.74) is 1.15. The highest BCUT2D eigenvalue weighted by atomic mass is 16.5. The number of nitrogens with one attached hydrogen (secondary N) is 1. The lowest BCUT2D eigenvalue weighted by atomic mass is 10.1. The Bertz CT molecular complexity index is 899. The highest BCUT2D eigenvalue weighted by molar-refractivity contribution is 6.00. The summed E-state index contributed by atoms with van der Waals surface area (Å²) >= 11 is 0. The van der Waals surface area contributed by atoms with E-state index in [1.165, 1.54) is 7.11 Å². The fourth-order valence-electron chi connectivity index (χ4n) is 2.88. The van der Waals surface area contributed by atoms with Gasteiger partial charge >= 0.3 is 5.97 Å². The number of hydrogen-bond donors (Lipinski definition) is 1. The van der Waals surface area contributed by atoms with Crippen molar-refractivity contribution in [2.24, 2.45) is 0 Å². The van der Waals surface area contributed by atoms with E-state index in [1.807, 2.05) is 12.1 Å². The van der Waals surface area contributed by atoms with Gasteiger partial charge in [-0.05, 0) is 31.2 Å². The van der Waals surface area contributed by atoms with Crippen molar-refractivity contribution in [3.8, 4) is 5.75 Å². The molecule has 0 saturated carbocycles. The van der Waals surface area contributed by atoms with Crippen molar-refractivity contribution in [1.82, 2.24) is 4.98 Å². The first-order valence-corrected chi connectivity index (χ1v) is 8.87. The number of methoxy groups -OCH3 is 1. The number of nitrogens with zero attached hydrogens (tertiary/aromatic N) is 2. The largest absolute Gasteiger partial charge is 0.479 e. The molecule has 2 heterocycles. The van der Waals surface area contributed by atoms with E-state index >= 15 is 0 Å². The minimum absolute atomic E-state index is 0.0250. The Morgan fingerprint density at radius 2 is 2.00 bits per heavy atom. The second-order valence-corrected chi connectivity index (χ2v) is 6.28. The highest BCUT2D eigenvalue weighted by Crippen LogP contribution is 2.33. The number of pyridine rings is 1. The van der Waals surface area contributed by atoms with Gasteiger partial charge in [-0.25, -0.2) is 4.98 Å². The van der Waals surface area contributed by atoms with Crippen LogP contribution in [0.4, 0.5) is 11.5 Å². The molecule has 2 amide bonds. The monoisotopic (exact) mass is 383 g/mol. The Hall–Kier alpha value is -3.42. The van der Waals surface area contributed by atoms with Crippen molar-refractivity contribution >= 4 is 29.3 Å². The van der Waals surface area contributed by atoms with Crippen molar-refractivity contribution in [2.75, 3.05) is 23.9 Å². The zero-order chi connectivity index (χ0) is 20.1. The van der Waals surface area contributed by atoms with Gasteiger partial charge in [0.15, 0.2) is 6.10 Å². The lowest BCUT2D eigenvalue weighted by Crippen LogP contribution is -2.45. The summed E-state index contributed by atoms with van der Waals surface area (Å²) in [6.07, 6.45) is -0.484. The quantitative estimate of drug-likeness (QED) is 0.766. The SMILES string of the molecule is COC(=O)Cc1cccc(NC(=O)CCN2C(=O)[C@H](C)Oc3ccccc32)n1. The topological polar surface area (TPSA) is 97.8 Å². The molecule has 28 heavy (non-hydrogen) atoms. The number of benzene rings is 1. The second-order valence-electron chi connectivity index (χ2n) is 6.28. The molecule has 0 fully saturated rings. The highest BCUT2D eigenvalue weighted by Gasteiger charge is 2.31. The molecule has 0 aliphatic carbocycles. The number of carbonyl (C=O) groups excluding carboxylic acids is 3. The molecule has 1 aliphatic rings. The van der Waals surface area contributed by atoms with E-state index < -0.39 is 12.1 Å². The van der Waals surface area contributed by atoms with Gasteiger partial charge in [-0.2, -0.15) is 0 Å². The van der Waals surface area contributed by atoms with Gasteiger partial charge in [-0.1, -0.05) is 18.2 Å². The molecule has 1 aromatic carbocycles. The van der Waals surface area contributed by atoms with Crippen molar-refractivity contribution in [1.29, 1.82) is 0 Å². The molecule has 1 N–H and O–H groups in total. The van der Waals surface area contributed by atoms with E-state index in [0.717, 1.165) is 0 Å². The van der Waals surface area contributed by atoms with Gasteiger partial charge in [-0.3, -0.25) is 14.4 Å². The van der Waals surface area contributed by atoms with E-state index in [4.69, 9.17) is 4.74 Å². The maximum Gasteiger partial charge on any atom is 0.311 e. The molecule has 8 heteroatoms. The molecule has 1 aliphatic heterocycles. The molecule has 3 rings (SSSR count). The number of anilines is 2. The van der Waals surface area contributed by atoms with Crippen LogP contribution in [0.1, 0.15) is 19.0 Å². The van der Waals surface area contributed by atoms with E-state index in [1.54, 1.807) is 42.2 Å². The molecule has 0 saturated heterocycles. The van der Waals surface area contributed by atoms with Gasteiger partial charge in [0.05, 0.1) is 24.9 Å². The Morgan fingerprint density at radius 3 is 2.79 bits per heavy atom. The van der Waals surface area contributed by atoms with E-state index in [0.29, 0.717) is 22.9 Å². The Kier molecular flexibility index (Phi) is 5.88. The zero-order valence-electron chi connectivity index (χ0n) is 15.7. The molecule has 0 unspecified atom stereocenters. The first-order valence-electron chi connectivity index (χ1n) is 8.87.